The Kier molecular flexibility index (Phi) is 2.71. The number of hydrogen-bond acceptors (Lipinski definition) is 3. The standard InChI is InChI=1S/C12H14F2N2O2S/c13-9-3-4-11(10(14)5-9)19(17,18)16-6-12(15,7-16)8-1-2-8/h3-5,8H,1-2,6-7,15H2. The molecule has 0 amide bonds. The van der Waals surface area contributed by atoms with E-state index < -0.39 is 32.1 Å². The first-order valence-corrected chi connectivity index (χ1v) is 7.51. The van der Waals surface area contributed by atoms with Gasteiger partial charge in [0.15, 0.2) is 0 Å². The van der Waals surface area contributed by atoms with Gasteiger partial charge < -0.3 is 5.73 Å². The average molecular weight is 288 g/mol. The van der Waals surface area contributed by atoms with Crippen molar-refractivity contribution in [1.82, 2.24) is 4.31 Å². The van der Waals surface area contributed by atoms with E-state index in [9.17, 15) is 17.2 Å². The molecule has 7 heteroatoms. The van der Waals surface area contributed by atoms with Crippen LogP contribution in [0.1, 0.15) is 12.8 Å². The highest BCUT2D eigenvalue weighted by atomic mass is 32.2. The lowest BCUT2D eigenvalue weighted by molar-refractivity contribution is 0.135. The third-order valence-electron chi connectivity index (χ3n) is 3.84. The van der Waals surface area contributed by atoms with E-state index in [1.54, 1.807) is 0 Å². The van der Waals surface area contributed by atoms with E-state index in [1.165, 1.54) is 0 Å². The Balaban J connectivity index is 1.84. The normalized spacial score (nSPS) is 23.1. The summed E-state index contributed by atoms with van der Waals surface area (Å²) in [6.45, 7) is 0.410. The van der Waals surface area contributed by atoms with E-state index in [2.05, 4.69) is 0 Å². The van der Waals surface area contributed by atoms with Gasteiger partial charge in [-0.15, -0.1) is 0 Å². The molecule has 0 bridgehead atoms. The first kappa shape index (κ1) is 13.0. The maximum absolute atomic E-state index is 13.6. The van der Waals surface area contributed by atoms with Crippen molar-refractivity contribution in [2.24, 2.45) is 11.7 Å². The number of nitrogens with two attached hydrogens (primary N) is 1. The summed E-state index contributed by atoms with van der Waals surface area (Å²) >= 11 is 0. The topological polar surface area (TPSA) is 63.4 Å². The molecule has 1 aromatic rings. The molecule has 2 fully saturated rings. The number of nitrogens with zero attached hydrogens (tertiary/aromatic N) is 1. The zero-order valence-corrected chi connectivity index (χ0v) is 11.0. The number of rotatable bonds is 3. The van der Waals surface area contributed by atoms with Crippen molar-refractivity contribution in [2.45, 2.75) is 23.3 Å². The Morgan fingerprint density at radius 1 is 1.26 bits per heavy atom. The Bertz CT molecular complexity index is 623. The van der Waals surface area contributed by atoms with Crippen LogP contribution in [0.4, 0.5) is 8.78 Å². The molecule has 4 nitrogen and oxygen atoms in total. The monoisotopic (exact) mass is 288 g/mol. The molecule has 0 radical (unpaired) electrons. The fourth-order valence-corrected chi connectivity index (χ4v) is 4.16. The summed E-state index contributed by atoms with van der Waals surface area (Å²) in [6.07, 6.45) is 2.05. The minimum atomic E-state index is -3.91. The average Bonchev–Trinajstić information content (AvgIpc) is 3.07. The van der Waals surface area contributed by atoms with Gasteiger partial charge in [-0.05, 0) is 30.9 Å². The van der Waals surface area contributed by atoms with E-state index >= 15 is 0 Å². The molecular formula is C12H14F2N2O2S. The van der Waals surface area contributed by atoms with Crippen LogP contribution >= 0.6 is 0 Å². The molecule has 1 aliphatic heterocycles. The quantitative estimate of drug-likeness (QED) is 0.905. The number of hydrogen-bond donors (Lipinski definition) is 1. The van der Waals surface area contributed by atoms with Crippen LogP contribution in [0.2, 0.25) is 0 Å². The van der Waals surface area contributed by atoms with Crippen LogP contribution in [0.3, 0.4) is 0 Å². The van der Waals surface area contributed by atoms with Crippen LogP contribution in [0.25, 0.3) is 0 Å². The van der Waals surface area contributed by atoms with Crippen LogP contribution in [-0.4, -0.2) is 31.4 Å². The highest BCUT2D eigenvalue weighted by Crippen LogP contribution is 2.44. The summed E-state index contributed by atoms with van der Waals surface area (Å²) in [4.78, 5) is -0.494. The molecule has 1 aromatic carbocycles. The van der Waals surface area contributed by atoms with Gasteiger partial charge in [0.1, 0.15) is 16.5 Å². The van der Waals surface area contributed by atoms with Crippen LogP contribution in [0.5, 0.6) is 0 Å². The number of halogens is 2. The van der Waals surface area contributed by atoms with Crippen LogP contribution in [0, 0.1) is 17.6 Å². The zero-order chi connectivity index (χ0) is 13.8. The molecule has 1 aliphatic carbocycles. The van der Waals surface area contributed by atoms with Crippen molar-refractivity contribution in [3.63, 3.8) is 0 Å². The second-order valence-corrected chi connectivity index (χ2v) is 7.26. The van der Waals surface area contributed by atoms with Crippen molar-refractivity contribution < 1.29 is 17.2 Å². The summed E-state index contributed by atoms with van der Waals surface area (Å²) in [5.74, 6) is -1.50. The Morgan fingerprint density at radius 3 is 2.42 bits per heavy atom. The highest BCUT2D eigenvalue weighted by molar-refractivity contribution is 7.89. The fraction of sp³-hybridized carbons (Fsp3) is 0.500. The van der Waals surface area contributed by atoms with Gasteiger partial charge in [0.25, 0.3) is 0 Å². The molecule has 0 spiro atoms. The number of benzene rings is 1. The van der Waals surface area contributed by atoms with Crippen molar-refractivity contribution in [3.05, 3.63) is 29.8 Å². The summed E-state index contributed by atoms with van der Waals surface area (Å²) in [5.41, 5.74) is 5.61. The zero-order valence-electron chi connectivity index (χ0n) is 10.1. The minimum absolute atomic E-state index is 0.205. The van der Waals surface area contributed by atoms with Gasteiger partial charge in [0.05, 0.1) is 0 Å². The first-order valence-electron chi connectivity index (χ1n) is 6.07. The molecule has 0 unspecified atom stereocenters. The molecule has 1 heterocycles. The molecule has 0 aromatic heterocycles. The summed E-state index contributed by atoms with van der Waals surface area (Å²) < 4.78 is 51.9. The third kappa shape index (κ3) is 2.05. The smallest absolute Gasteiger partial charge is 0.246 e. The number of sulfonamides is 1. The van der Waals surface area contributed by atoms with Crippen molar-refractivity contribution >= 4 is 10.0 Å². The highest BCUT2D eigenvalue weighted by Gasteiger charge is 2.54. The largest absolute Gasteiger partial charge is 0.323 e. The first-order chi connectivity index (χ1) is 8.83. The van der Waals surface area contributed by atoms with E-state index in [4.69, 9.17) is 5.73 Å². The van der Waals surface area contributed by atoms with Gasteiger partial charge in [-0.25, -0.2) is 17.2 Å². The fourth-order valence-electron chi connectivity index (χ4n) is 2.52. The predicted molar refractivity (Wildman–Crippen MR) is 64.8 cm³/mol. The minimum Gasteiger partial charge on any atom is -0.323 e. The summed E-state index contributed by atoms with van der Waals surface area (Å²) in [5, 5.41) is 0. The SMILES string of the molecule is NC1(C2CC2)CN(S(=O)(=O)c2ccc(F)cc2F)C1. The van der Waals surface area contributed by atoms with E-state index in [-0.39, 0.29) is 13.1 Å². The molecular weight excluding hydrogens is 274 g/mol. The molecule has 104 valence electrons. The molecule has 1 saturated carbocycles. The molecule has 19 heavy (non-hydrogen) atoms. The lowest BCUT2D eigenvalue weighted by atomic mass is 9.88. The van der Waals surface area contributed by atoms with Gasteiger partial charge in [0.2, 0.25) is 10.0 Å². The predicted octanol–water partition coefficient (Wildman–Crippen LogP) is 1.08. The van der Waals surface area contributed by atoms with Crippen LogP contribution in [0.15, 0.2) is 23.1 Å². The lowest BCUT2D eigenvalue weighted by Crippen LogP contribution is -2.69. The molecule has 0 atom stereocenters. The van der Waals surface area contributed by atoms with Crippen LogP contribution < -0.4 is 5.73 Å². The summed E-state index contributed by atoms with van der Waals surface area (Å²) in [6, 6.07) is 2.46. The van der Waals surface area contributed by atoms with Crippen molar-refractivity contribution in [3.8, 4) is 0 Å². The van der Waals surface area contributed by atoms with Gasteiger partial charge in [-0.3, -0.25) is 0 Å². The van der Waals surface area contributed by atoms with E-state index in [0.29, 0.717) is 12.0 Å². The van der Waals surface area contributed by atoms with Gasteiger partial charge in [-0.1, -0.05) is 0 Å². The van der Waals surface area contributed by atoms with Gasteiger partial charge in [-0.2, -0.15) is 4.31 Å². The molecule has 2 N–H and O–H groups in total. The third-order valence-corrected chi connectivity index (χ3v) is 5.67. The van der Waals surface area contributed by atoms with Crippen molar-refractivity contribution in [2.75, 3.05) is 13.1 Å². The van der Waals surface area contributed by atoms with E-state index in [0.717, 1.165) is 29.3 Å². The van der Waals surface area contributed by atoms with Crippen molar-refractivity contribution in [1.29, 1.82) is 0 Å². The van der Waals surface area contributed by atoms with Crippen LogP contribution in [-0.2, 0) is 10.0 Å². The molecule has 2 aliphatic rings. The maximum atomic E-state index is 13.6. The second kappa shape index (κ2) is 3.97. The molecule has 1 saturated heterocycles. The maximum Gasteiger partial charge on any atom is 0.246 e. The van der Waals surface area contributed by atoms with Gasteiger partial charge in [0, 0.05) is 24.7 Å². The second-order valence-electron chi connectivity index (χ2n) is 5.36. The lowest BCUT2D eigenvalue weighted by Gasteiger charge is -2.47. The Labute approximate surface area is 110 Å². The van der Waals surface area contributed by atoms with Gasteiger partial charge >= 0.3 is 0 Å². The summed E-state index contributed by atoms with van der Waals surface area (Å²) in [7, 11) is -3.91. The van der Waals surface area contributed by atoms with E-state index in [1.807, 2.05) is 0 Å². The molecule has 3 rings (SSSR count). The Hall–Kier alpha value is -1.05. The Morgan fingerprint density at radius 2 is 1.89 bits per heavy atom.